The number of ketones is 1. The molecular formula is C14H17N3O5S2. The van der Waals surface area contributed by atoms with E-state index in [2.05, 4.69) is 4.28 Å². The molecule has 0 spiro atoms. The molecule has 0 saturated carbocycles. The zero-order chi connectivity index (χ0) is 17.7. The van der Waals surface area contributed by atoms with Crippen molar-refractivity contribution in [1.29, 1.82) is 5.41 Å². The van der Waals surface area contributed by atoms with E-state index >= 15 is 0 Å². The van der Waals surface area contributed by atoms with Crippen molar-refractivity contribution in [2.75, 3.05) is 18.6 Å². The summed E-state index contributed by atoms with van der Waals surface area (Å²) in [6, 6.07) is 5.61. The highest BCUT2D eigenvalue weighted by Gasteiger charge is 2.23. The standard InChI is InChI=1S/C14H17N3O5S2/c1-23-11-2-3-13-10(7-11)6-9(4-5-21-13)12(18)8-24(19,20)22-17-14(15)16/h2-3,6-7H,4-5,8H2,1H3,(H4,15,16,17). The molecule has 0 bridgehead atoms. The molecule has 0 aromatic heterocycles. The number of carbonyl (C=O) groups is 1. The lowest BCUT2D eigenvalue weighted by molar-refractivity contribution is -0.113. The van der Waals surface area contributed by atoms with E-state index in [1.54, 1.807) is 23.3 Å². The lowest BCUT2D eigenvalue weighted by atomic mass is 10.1. The molecule has 1 heterocycles. The van der Waals surface area contributed by atoms with E-state index in [9.17, 15) is 13.2 Å². The molecule has 1 aliphatic heterocycles. The first-order valence-electron chi connectivity index (χ1n) is 6.86. The van der Waals surface area contributed by atoms with Gasteiger partial charge in [-0.2, -0.15) is 8.42 Å². The van der Waals surface area contributed by atoms with Gasteiger partial charge in [0.1, 0.15) is 11.5 Å². The fraction of sp³-hybridized carbons (Fsp3) is 0.286. The second-order valence-electron chi connectivity index (χ2n) is 4.90. The Balaban J connectivity index is 2.19. The van der Waals surface area contributed by atoms with Gasteiger partial charge in [-0.3, -0.25) is 10.2 Å². The summed E-state index contributed by atoms with van der Waals surface area (Å²) in [5.74, 6) is -1.47. The molecule has 0 fully saturated rings. The number of nitrogens with two attached hydrogens (primary N) is 1. The Bertz CT molecular complexity index is 790. The molecule has 8 nitrogen and oxygen atoms in total. The third-order valence-electron chi connectivity index (χ3n) is 3.12. The molecule has 0 amide bonds. The van der Waals surface area contributed by atoms with Crippen LogP contribution in [-0.4, -0.2) is 38.8 Å². The summed E-state index contributed by atoms with van der Waals surface area (Å²) in [4.78, 5) is 13.3. The van der Waals surface area contributed by atoms with Crippen LogP contribution in [-0.2, 0) is 19.2 Å². The molecule has 1 aliphatic rings. The first-order chi connectivity index (χ1) is 11.3. The van der Waals surface area contributed by atoms with E-state index in [0.717, 1.165) is 10.5 Å². The third-order valence-corrected chi connectivity index (χ3v) is 4.80. The number of carbonyl (C=O) groups excluding carboxylic acids is 1. The molecule has 0 aliphatic carbocycles. The van der Waals surface area contributed by atoms with Gasteiger partial charge >= 0.3 is 0 Å². The highest BCUT2D eigenvalue weighted by atomic mass is 32.2. The fourth-order valence-corrected chi connectivity index (χ4v) is 3.27. The summed E-state index contributed by atoms with van der Waals surface area (Å²) >= 11 is 1.55. The second kappa shape index (κ2) is 7.69. The zero-order valence-electron chi connectivity index (χ0n) is 12.9. The number of hydroxylamine groups is 1. The molecular weight excluding hydrogens is 354 g/mol. The lowest BCUT2D eigenvalue weighted by Crippen LogP contribution is -2.34. The van der Waals surface area contributed by atoms with Gasteiger partial charge < -0.3 is 10.5 Å². The lowest BCUT2D eigenvalue weighted by Gasteiger charge is -2.06. The van der Waals surface area contributed by atoms with Crippen LogP contribution in [0.15, 0.2) is 28.7 Å². The normalized spacial score (nSPS) is 14.0. The Hall–Kier alpha value is -2.04. The number of hydrogen-bond acceptors (Lipinski definition) is 7. The number of fused-ring (bicyclic) bond motifs is 1. The topological polar surface area (TPSA) is 132 Å². The van der Waals surface area contributed by atoms with Crippen LogP contribution in [0.2, 0.25) is 0 Å². The average Bonchev–Trinajstić information content (AvgIpc) is 2.74. The molecule has 0 radical (unpaired) electrons. The van der Waals surface area contributed by atoms with Gasteiger partial charge in [0, 0.05) is 22.5 Å². The van der Waals surface area contributed by atoms with Crippen molar-refractivity contribution in [2.24, 2.45) is 5.73 Å². The fourth-order valence-electron chi connectivity index (χ4n) is 2.04. The summed E-state index contributed by atoms with van der Waals surface area (Å²) in [5.41, 5.74) is 7.71. The van der Waals surface area contributed by atoms with Crippen LogP contribution in [0.1, 0.15) is 12.0 Å². The largest absolute Gasteiger partial charge is 0.493 e. The molecule has 130 valence electrons. The number of nitrogens with one attached hydrogen (secondary N) is 2. The molecule has 1 aromatic carbocycles. The van der Waals surface area contributed by atoms with Crippen molar-refractivity contribution in [3.63, 3.8) is 0 Å². The summed E-state index contributed by atoms with van der Waals surface area (Å²) in [7, 11) is -4.19. The number of benzene rings is 1. The molecule has 0 unspecified atom stereocenters. The third kappa shape index (κ3) is 4.98. The van der Waals surface area contributed by atoms with E-state index in [4.69, 9.17) is 15.9 Å². The average molecular weight is 371 g/mol. The van der Waals surface area contributed by atoms with E-state index in [0.29, 0.717) is 11.3 Å². The van der Waals surface area contributed by atoms with Gasteiger partial charge in [-0.1, -0.05) is 0 Å². The minimum absolute atomic E-state index is 0.274. The van der Waals surface area contributed by atoms with Crippen molar-refractivity contribution < 1.29 is 22.2 Å². The maximum absolute atomic E-state index is 12.3. The van der Waals surface area contributed by atoms with Gasteiger partial charge in [-0.15, -0.1) is 16.0 Å². The molecule has 0 atom stereocenters. The summed E-state index contributed by atoms with van der Waals surface area (Å²) < 4.78 is 33.3. The van der Waals surface area contributed by atoms with E-state index in [1.807, 2.05) is 24.5 Å². The van der Waals surface area contributed by atoms with Gasteiger partial charge in [-0.05, 0) is 30.5 Å². The molecule has 0 saturated heterocycles. The molecule has 2 rings (SSSR count). The van der Waals surface area contributed by atoms with Crippen LogP contribution >= 0.6 is 11.8 Å². The Morgan fingerprint density at radius 2 is 2.25 bits per heavy atom. The number of guanidine groups is 1. The van der Waals surface area contributed by atoms with Crippen molar-refractivity contribution in [2.45, 2.75) is 11.3 Å². The first kappa shape index (κ1) is 18.3. The van der Waals surface area contributed by atoms with Gasteiger partial charge in [0.2, 0.25) is 5.96 Å². The van der Waals surface area contributed by atoms with Gasteiger partial charge in [0.15, 0.2) is 5.78 Å². The predicted octanol–water partition coefficient (Wildman–Crippen LogP) is 0.888. The highest BCUT2D eigenvalue weighted by molar-refractivity contribution is 7.98. The van der Waals surface area contributed by atoms with E-state index in [-0.39, 0.29) is 13.0 Å². The number of Topliss-reactive ketones (excluding diaryl/α,β-unsaturated/α-hetero) is 1. The van der Waals surface area contributed by atoms with Gasteiger partial charge in [0.25, 0.3) is 10.1 Å². The van der Waals surface area contributed by atoms with Crippen LogP contribution in [0.25, 0.3) is 6.08 Å². The van der Waals surface area contributed by atoms with E-state index < -0.39 is 27.6 Å². The summed E-state index contributed by atoms with van der Waals surface area (Å²) in [6.07, 6.45) is 3.86. The van der Waals surface area contributed by atoms with Crippen molar-refractivity contribution in [3.8, 4) is 5.75 Å². The number of ether oxygens (including phenoxy) is 1. The summed E-state index contributed by atoms with van der Waals surface area (Å²) in [6.45, 7) is 0.274. The molecule has 1 aromatic rings. The number of thioether (sulfide) groups is 1. The van der Waals surface area contributed by atoms with Crippen LogP contribution in [0.3, 0.4) is 0 Å². The van der Waals surface area contributed by atoms with Crippen molar-refractivity contribution >= 4 is 39.7 Å². The Labute approximate surface area is 144 Å². The van der Waals surface area contributed by atoms with Gasteiger partial charge in [-0.25, -0.2) is 5.48 Å². The zero-order valence-corrected chi connectivity index (χ0v) is 14.5. The van der Waals surface area contributed by atoms with Crippen LogP contribution in [0.4, 0.5) is 0 Å². The predicted molar refractivity (Wildman–Crippen MR) is 91.2 cm³/mol. The Morgan fingerprint density at radius 3 is 2.92 bits per heavy atom. The molecule has 4 N–H and O–H groups in total. The second-order valence-corrected chi connectivity index (χ2v) is 7.35. The number of rotatable bonds is 6. The Kier molecular flexibility index (Phi) is 5.86. The quantitative estimate of drug-likeness (QED) is 0.291. The van der Waals surface area contributed by atoms with Crippen molar-refractivity contribution in [1.82, 2.24) is 5.48 Å². The number of hydrogen-bond donors (Lipinski definition) is 3. The van der Waals surface area contributed by atoms with Crippen LogP contribution in [0, 0.1) is 5.41 Å². The van der Waals surface area contributed by atoms with Crippen molar-refractivity contribution in [3.05, 3.63) is 29.3 Å². The smallest absolute Gasteiger partial charge is 0.295 e. The van der Waals surface area contributed by atoms with Crippen LogP contribution < -0.4 is 16.0 Å². The van der Waals surface area contributed by atoms with Gasteiger partial charge in [0.05, 0.1) is 6.61 Å². The summed E-state index contributed by atoms with van der Waals surface area (Å²) in [5, 5.41) is 6.86. The first-order valence-corrected chi connectivity index (χ1v) is 9.67. The van der Waals surface area contributed by atoms with E-state index in [1.165, 1.54) is 0 Å². The highest BCUT2D eigenvalue weighted by Crippen LogP contribution is 2.30. The maximum atomic E-state index is 12.3. The maximum Gasteiger partial charge on any atom is 0.295 e. The molecule has 10 heteroatoms. The molecule has 24 heavy (non-hydrogen) atoms. The minimum Gasteiger partial charge on any atom is -0.493 e. The van der Waals surface area contributed by atoms with Crippen LogP contribution in [0.5, 0.6) is 5.75 Å². The Morgan fingerprint density at radius 1 is 1.50 bits per heavy atom. The minimum atomic E-state index is -4.19. The monoisotopic (exact) mass is 371 g/mol. The SMILES string of the molecule is CSc1ccc2c(c1)C=C(C(=O)CS(=O)(=O)ONC(=N)N)CCO2.